The molecule has 1 N–H and O–H groups in total. The summed E-state index contributed by atoms with van der Waals surface area (Å²) < 4.78 is 7.14. The normalized spacial score (nSPS) is 11.6. The van der Waals surface area contributed by atoms with E-state index in [0.29, 0.717) is 5.76 Å². The minimum absolute atomic E-state index is 0.00215. The van der Waals surface area contributed by atoms with Crippen molar-refractivity contribution in [1.29, 1.82) is 0 Å². The third-order valence-electron chi connectivity index (χ3n) is 4.05. The fraction of sp³-hybridized carbons (Fsp3) is 0.100. The molecule has 0 aliphatic carbocycles. The van der Waals surface area contributed by atoms with Gasteiger partial charge in [0.1, 0.15) is 0 Å². The van der Waals surface area contributed by atoms with Crippen LogP contribution in [0.25, 0.3) is 22.3 Å². The molecule has 0 aliphatic rings. The van der Waals surface area contributed by atoms with Crippen molar-refractivity contribution in [2.45, 2.75) is 13.5 Å². The summed E-state index contributed by atoms with van der Waals surface area (Å²) in [4.78, 5) is 19.0. The monoisotopic (exact) mass is 364 g/mol. The van der Waals surface area contributed by atoms with Crippen LogP contribution in [0.4, 0.5) is 0 Å². The summed E-state index contributed by atoms with van der Waals surface area (Å²) in [7, 11) is 0. The summed E-state index contributed by atoms with van der Waals surface area (Å²) in [5, 5.41) is 9.23. The number of furan rings is 1. The van der Waals surface area contributed by atoms with Gasteiger partial charge in [0, 0.05) is 16.6 Å². The zero-order chi connectivity index (χ0) is 18.1. The Hall–Kier alpha value is -2.96. The van der Waals surface area contributed by atoms with E-state index in [0.717, 1.165) is 32.4 Å². The number of aromatic nitrogens is 2. The van der Waals surface area contributed by atoms with E-state index < -0.39 is 0 Å². The molecule has 0 saturated carbocycles. The van der Waals surface area contributed by atoms with Crippen molar-refractivity contribution in [3.8, 4) is 11.3 Å². The third-order valence-corrected chi connectivity index (χ3v) is 4.94. The second kappa shape index (κ2) is 6.74. The number of allylic oxidation sites excluding steroid dienone is 1. The Morgan fingerprint density at radius 3 is 2.81 bits per heavy atom. The Labute approximate surface area is 153 Å². The number of aliphatic hydroxyl groups is 1. The quantitative estimate of drug-likeness (QED) is 0.422. The molecule has 4 rings (SSSR count). The topological polar surface area (TPSA) is 67.7 Å². The Kier molecular flexibility index (Phi) is 4.28. The molecule has 1 aromatic carbocycles. The minimum Gasteiger partial charge on any atom is -0.461 e. The predicted octanol–water partition coefficient (Wildman–Crippen LogP) is 4.35. The van der Waals surface area contributed by atoms with Gasteiger partial charge in [0.2, 0.25) is 5.78 Å². The highest BCUT2D eigenvalue weighted by atomic mass is 32.1. The smallest absolute Gasteiger partial charge is 0.221 e. The van der Waals surface area contributed by atoms with Crippen LogP contribution in [0.1, 0.15) is 26.7 Å². The molecule has 0 fully saturated rings. The maximum atomic E-state index is 12.2. The highest BCUT2D eigenvalue weighted by molar-refractivity contribution is 7.17. The molecule has 130 valence electrons. The van der Waals surface area contributed by atoms with Gasteiger partial charge in [-0.3, -0.25) is 9.20 Å². The van der Waals surface area contributed by atoms with Gasteiger partial charge in [-0.1, -0.05) is 24.3 Å². The molecule has 0 atom stereocenters. The van der Waals surface area contributed by atoms with Crippen LogP contribution in [0.15, 0.2) is 59.4 Å². The van der Waals surface area contributed by atoms with E-state index in [1.54, 1.807) is 29.5 Å². The van der Waals surface area contributed by atoms with Gasteiger partial charge in [0.05, 0.1) is 24.3 Å². The van der Waals surface area contributed by atoms with Crippen LogP contribution in [0.3, 0.4) is 0 Å². The molecule has 26 heavy (non-hydrogen) atoms. The molecule has 3 aromatic heterocycles. The number of ketones is 1. The third kappa shape index (κ3) is 3.00. The molecule has 0 bridgehead atoms. The number of fused-ring (bicyclic) bond motifs is 1. The number of aryl methyl sites for hydroxylation is 1. The average Bonchev–Trinajstić information content (AvgIpc) is 3.36. The molecule has 0 saturated heterocycles. The number of hydrogen-bond acceptors (Lipinski definition) is 5. The van der Waals surface area contributed by atoms with Crippen molar-refractivity contribution >= 4 is 28.2 Å². The van der Waals surface area contributed by atoms with Gasteiger partial charge in [0.25, 0.3) is 0 Å². The molecule has 3 heterocycles. The van der Waals surface area contributed by atoms with Gasteiger partial charge in [0.15, 0.2) is 10.7 Å². The molecule has 6 heteroatoms. The summed E-state index contributed by atoms with van der Waals surface area (Å²) >= 11 is 1.60. The minimum atomic E-state index is -0.196. The van der Waals surface area contributed by atoms with Crippen LogP contribution in [0.5, 0.6) is 0 Å². The lowest BCUT2D eigenvalue weighted by Crippen LogP contribution is -1.92. The number of rotatable bonds is 5. The van der Waals surface area contributed by atoms with E-state index in [4.69, 9.17) is 9.40 Å². The molecule has 0 unspecified atom stereocenters. The van der Waals surface area contributed by atoms with Crippen LogP contribution in [-0.4, -0.2) is 20.3 Å². The van der Waals surface area contributed by atoms with Crippen molar-refractivity contribution in [3.05, 3.63) is 76.8 Å². The summed E-state index contributed by atoms with van der Waals surface area (Å²) in [6.07, 6.45) is 6.76. The van der Waals surface area contributed by atoms with E-state index in [2.05, 4.69) is 0 Å². The summed E-state index contributed by atoms with van der Waals surface area (Å²) in [6, 6.07) is 10.9. The first-order chi connectivity index (χ1) is 12.7. The van der Waals surface area contributed by atoms with Gasteiger partial charge in [-0.15, -0.1) is 11.3 Å². The van der Waals surface area contributed by atoms with E-state index in [1.807, 2.05) is 41.8 Å². The molecule has 0 radical (unpaired) electrons. The lowest BCUT2D eigenvalue weighted by Gasteiger charge is -2.02. The number of imidazole rings is 1. The zero-order valence-electron chi connectivity index (χ0n) is 14.0. The largest absolute Gasteiger partial charge is 0.461 e. The van der Waals surface area contributed by atoms with Gasteiger partial charge in [-0.2, -0.15) is 0 Å². The summed E-state index contributed by atoms with van der Waals surface area (Å²) in [6.45, 7) is 2.03. The fourth-order valence-electron chi connectivity index (χ4n) is 2.77. The number of aliphatic hydroxyl groups excluding tert-OH is 1. The van der Waals surface area contributed by atoms with Crippen molar-refractivity contribution in [2.24, 2.45) is 0 Å². The number of benzene rings is 1. The lowest BCUT2D eigenvalue weighted by molar-refractivity contribution is 0.102. The molecule has 0 aliphatic heterocycles. The first-order valence-corrected chi connectivity index (χ1v) is 8.92. The van der Waals surface area contributed by atoms with Gasteiger partial charge < -0.3 is 9.52 Å². The van der Waals surface area contributed by atoms with Crippen LogP contribution in [0.2, 0.25) is 0 Å². The second-order valence-corrected chi connectivity index (χ2v) is 7.08. The Bertz CT molecular complexity index is 1090. The predicted molar refractivity (Wildman–Crippen MR) is 101 cm³/mol. The Morgan fingerprint density at radius 2 is 2.12 bits per heavy atom. The summed E-state index contributed by atoms with van der Waals surface area (Å²) in [5.41, 5.74) is 3.40. The van der Waals surface area contributed by atoms with E-state index in [9.17, 15) is 9.90 Å². The highest BCUT2D eigenvalue weighted by Gasteiger charge is 2.15. The molecular formula is C20H16N2O3S. The van der Waals surface area contributed by atoms with Crippen LogP contribution >= 0.6 is 11.3 Å². The zero-order valence-corrected chi connectivity index (χ0v) is 14.9. The van der Waals surface area contributed by atoms with E-state index >= 15 is 0 Å². The number of carbonyl (C=O) groups is 1. The molecular weight excluding hydrogens is 348 g/mol. The maximum absolute atomic E-state index is 12.2. The average molecular weight is 364 g/mol. The van der Waals surface area contributed by atoms with E-state index in [-0.39, 0.29) is 12.4 Å². The second-order valence-electron chi connectivity index (χ2n) is 5.87. The SMILES string of the molecule is Cc1cn2c(C=CC(=O)c3ccco3)c(-c3ccc(CO)cc3)nc2s1. The number of hydrogen-bond donors (Lipinski definition) is 1. The van der Waals surface area contributed by atoms with Crippen molar-refractivity contribution in [3.63, 3.8) is 0 Å². The number of carbonyl (C=O) groups excluding carboxylic acids is 1. The number of thiazole rings is 1. The Morgan fingerprint density at radius 1 is 1.31 bits per heavy atom. The standard InChI is InChI=1S/C20H16N2O3S/c1-13-11-22-16(8-9-17(24)18-3-2-10-25-18)19(21-20(22)26-13)15-6-4-14(12-23)5-7-15/h2-11,23H,12H2,1H3. The molecule has 0 amide bonds. The lowest BCUT2D eigenvalue weighted by atomic mass is 10.1. The first-order valence-electron chi connectivity index (χ1n) is 8.10. The molecule has 5 nitrogen and oxygen atoms in total. The highest BCUT2D eigenvalue weighted by Crippen LogP contribution is 2.29. The van der Waals surface area contributed by atoms with Crippen LogP contribution < -0.4 is 0 Å². The van der Waals surface area contributed by atoms with Gasteiger partial charge in [-0.05, 0) is 36.8 Å². The van der Waals surface area contributed by atoms with Crippen molar-refractivity contribution in [1.82, 2.24) is 9.38 Å². The molecule has 0 spiro atoms. The first kappa shape index (κ1) is 16.5. The fourth-order valence-corrected chi connectivity index (χ4v) is 3.60. The van der Waals surface area contributed by atoms with Crippen LogP contribution in [-0.2, 0) is 6.61 Å². The van der Waals surface area contributed by atoms with E-state index in [1.165, 1.54) is 12.3 Å². The Balaban J connectivity index is 1.79. The van der Waals surface area contributed by atoms with Gasteiger partial charge >= 0.3 is 0 Å². The van der Waals surface area contributed by atoms with Gasteiger partial charge in [-0.25, -0.2) is 4.98 Å². The molecule has 4 aromatic rings. The van der Waals surface area contributed by atoms with Crippen molar-refractivity contribution < 1.29 is 14.3 Å². The maximum Gasteiger partial charge on any atom is 0.221 e. The summed E-state index contributed by atoms with van der Waals surface area (Å²) in [5.74, 6) is 0.107. The van der Waals surface area contributed by atoms with Crippen molar-refractivity contribution in [2.75, 3.05) is 0 Å². The van der Waals surface area contributed by atoms with Crippen LogP contribution in [0, 0.1) is 6.92 Å². The number of nitrogens with zero attached hydrogens (tertiary/aromatic N) is 2.